The normalized spacial score (nSPS) is 16.8. The molecule has 7 rings (SSSR count). The zero-order chi connectivity index (χ0) is 35.3. The van der Waals surface area contributed by atoms with E-state index in [2.05, 4.69) is 96.7 Å². The number of nitrogens with zero attached hydrogens (tertiary/aromatic N) is 1. The van der Waals surface area contributed by atoms with Gasteiger partial charge in [0, 0.05) is 41.7 Å². The second-order valence-corrected chi connectivity index (χ2v) is 15.0. The second-order valence-electron chi connectivity index (χ2n) is 13.1. The van der Waals surface area contributed by atoms with Crippen molar-refractivity contribution in [1.82, 2.24) is 10.2 Å². The Morgan fingerprint density at radius 1 is 0.706 bits per heavy atom. The Hall–Kier alpha value is -3.66. The van der Waals surface area contributed by atoms with E-state index >= 15 is 0 Å². The lowest BCUT2D eigenvalue weighted by atomic mass is 10.0. The number of aliphatic hydroxyl groups excluding tert-OH is 1. The third-order valence-electron chi connectivity index (χ3n) is 9.01. The van der Waals surface area contributed by atoms with Crippen LogP contribution in [0.4, 0.5) is 0 Å². The number of halogens is 2. The van der Waals surface area contributed by atoms with Crippen LogP contribution < -0.4 is 19.5 Å². The second kappa shape index (κ2) is 19.3. The summed E-state index contributed by atoms with van der Waals surface area (Å²) in [6, 6.07) is 42.9. The van der Waals surface area contributed by atoms with Gasteiger partial charge < -0.3 is 24.6 Å². The molecule has 2 aliphatic heterocycles. The Kier molecular flexibility index (Phi) is 14.0. The minimum atomic E-state index is -0.587. The summed E-state index contributed by atoms with van der Waals surface area (Å²) in [5.74, 6) is 2.77. The summed E-state index contributed by atoms with van der Waals surface area (Å²) in [5, 5.41) is 14.1. The third kappa shape index (κ3) is 11.9. The molecule has 266 valence electrons. The Labute approximate surface area is 319 Å². The smallest absolute Gasteiger partial charge is 0.123 e. The maximum Gasteiger partial charge on any atom is 0.123 e. The van der Waals surface area contributed by atoms with Crippen LogP contribution in [0, 0.1) is 0 Å². The van der Waals surface area contributed by atoms with E-state index in [4.69, 9.17) is 14.2 Å². The molecule has 51 heavy (non-hydrogen) atoms. The summed E-state index contributed by atoms with van der Waals surface area (Å²) in [5.41, 5.74) is 5.08. The minimum absolute atomic E-state index is 0.0969. The highest BCUT2D eigenvalue weighted by atomic mass is 79.9. The van der Waals surface area contributed by atoms with Crippen LogP contribution in [0.1, 0.15) is 35.1 Å². The lowest BCUT2D eigenvalue weighted by Gasteiger charge is -2.32. The minimum Gasteiger partial charge on any atom is -0.491 e. The topological polar surface area (TPSA) is 63.2 Å². The fraction of sp³-hybridized carbons (Fsp3) is 0.302. The molecule has 3 atom stereocenters. The largest absolute Gasteiger partial charge is 0.491 e. The summed E-state index contributed by atoms with van der Waals surface area (Å²) in [4.78, 5) is 2.27. The highest BCUT2D eigenvalue weighted by molar-refractivity contribution is 9.10. The monoisotopic (exact) mass is 812 g/mol. The van der Waals surface area contributed by atoms with Gasteiger partial charge in [-0.15, -0.1) is 0 Å². The average Bonchev–Trinajstić information content (AvgIpc) is 3.15. The standard InChI is InChI=1S/C26H28BrNO3.C17H18BrNO/c27-22-12-14-26-21(15-22)11-13-25(31-26)18-28(16-20-7-3-1-4-8-20)17-23(29)19-30-24-9-5-2-6-10-24;18-15-7-9-17-14(10-15)6-8-16(20-17)12-19-11-13-4-2-1-3-5-13/h1-10,12,14-15,23,25,29H,11,13,16-19H2;1-5,7,9-10,16,19H,6,8,11-12H2/t23-,25+;16-/m01/s1. The van der Waals surface area contributed by atoms with Gasteiger partial charge in [-0.3, -0.25) is 4.90 Å². The molecule has 6 nitrogen and oxygen atoms in total. The van der Waals surface area contributed by atoms with Gasteiger partial charge in [-0.05, 0) is 96.5 Å². The van der Waals surface area contributed by atoms with E-state index in [0.717, 1.165) is 78.1 Å². The van der Waals surface area contributed by atoms with E-state index in [1.807, 2.05) is 72.8 Å². The van der Waals surface area contributed by atoms with E-state index in [9.17, 15) is 5.11 Å². The van der Waals surface area contributed by atoms with Crippen molar-refractivity contribution >= 4 is 31.9 Å². The van der Waals surface area contributed by atoms with Crippen molar-refractivity contribution in [2.75, 3.05) is 26.2 Å². The van der Waals surface area contributed by atoms with E-state index in [-0.39, 0.29) is 18.8 Å². The van der Waals surface area contributed by atoms with Crippen LogP contribution in [-0.2, 0) is 25.9 Å². The van der Waals surface area contributed by atoms with Gasteiger partial charge >= 0.3 is 0 Å². The molecular formula is C43H46Br2N2O4. The first-order valence-electron chi connectivity index (χ1n) is 17.7. The molecule has 5 aromatic carbocycles. The molecule has 0 saturated heterocycles. The van der Waals surface area contributed by atoms with Gasteiger partial charge in [0.1, 0.15) is 42.2 Å². The van der Waals surface area contributed by atoms with Gasteiger partial charge in [-0.1, -0.05) is 111 Å². The lowest BCUT2D eigenvalue weighted by molar-refractivity contribution is 0.0434. The van der Waals surface area contributed by atoms with Crippen LogP contribution in [0.3, 0.4) is 0 Å². The summed E-state index contributed by atoms with van der Waals surface area (Å²) < 4.78 is 20.3. The Morgan fingerprint density at radius 2 is 1.25 bits per heavy atom. The molecule has 2 heterocycles. The van der Waals surface area contributed by atoms with E-state index in [1.165, 1.54) is 22.3 Å². The number of nitrogens with one attached hydrogen (secondary N) is 1. The van der Waals surface area contributed by atoms with Crippen LogP contribution >= 0.6 is 31.9 Å². The maximum atomic E-state index is 10.7. The van der Waals surface area contributed by atoms with Gasteiger partial charge in [-0.25, -0.2) is 0 Å². The van der Waals surface area contributed by atoms with Crippen molar-refractivity contribution in [3.63, 3.8) is 0 Å². The number of benzene rings is 5. The average molecular weight is 815 g/mol. The highest BCUT2D eigenvalue weighted by Crippen LogP contribution is 2.31. The number of fused-ring (bicyclic) bond motifs is 2. The number of rotatable bonds is 13. The van der Waals surface area contributed by atoms with Crippen LogP contribution in [0.5, 0.6) is 17.2 Å². The molecular weight excluding hydrogens is 768 g/mol. The third-order valence-corrected chi connectivity index (χ3v) is 10.00. The number of para-hydroxylation sites is 1. The number of aliphatic hydroxyl groups is 1. The number of aryl methyl sites for hydroxylation is 2. The van der Waals surface area contributed by atoms with Crippen LogP contribution in [0.15, 0.2) is 136 Å². The molecule has 2 N–H and O–H groups in total. The van der Waals surface area contributed by atoms with E-state index < -0.39 is 6.10 Å². The predicted octanol–water partition coefficient (Wildman–Crippen LogP) is 9.02. The molecule has 0 amide bonds. The molecule has 0 saturated carbocycles. The van der Waals surface area contributed by atoms with Crippen molar-refractivity contribution in [1.29, 1.82) is 0 Å². The van der Waals surface area contributed by atoms with Crippen molar-refractivity contribution in [2.24, 2.45) is 0 Å². The van der Waals surface area contributed by atoms with Gasteiger partial charge in [0.2, 0.25) is 0 Å². The molecule has 0 radical (unpaired) electrons. The first kappa shape index (κ1) is 37.1. The number of ether oxygens (including phenoxy) is 3. The van der Waals surface area contributed by atoms with Crippen LogP contribution in [0.2, 0.25) is 0 Å². The zero-order valence-electron chi connectivity index (χ0n) is 28.8. The SMILES string of the molecule is Brc1ccc2c(c1)CC[C@H](CNCc1ccccc1)O2.O[C@H](COc1ccccc1)CN(Cc1ccccc1)C[C@H]1CCc2cc(Br)ccc2O1. The van der Waals surface area contributed by atoms with E-state index in [1.54, 1.807) is 0 Å². The van der Waals surface area contributed by atoms with Gasteiger partial charge in [0.05, 0.1) is 0 Å². The van der Waals surface area contributed by atoms with Crippen LogP contribution in [-0.4, -0.2) is 54.6 Å². The Bertz CT molecular complexity index is 1780. The summed E-state index contributed by atoms with van der Waals surface area (Å²) >= 11 is 7.04. The molecule has 2 aliphatic rings. The number of hydrogen-bond acceptors (Lipinski definition) is 6. The summed E-state index contributed by atoms with van der Waals surface area (Å²) in [6.07, 6.45) is 3.91. The quantitative estimate of drug-likeness (QED) is 0.124. The predicted molar refractivity (Wildman–Crippen MR) is 212 cm³/mol. The molecule has 0 spiro atoms. The number of hydrogen-bond donors (Lipinski definition) is 2. The van der Waals surface area contributed by atoms with Crippen LogP contribution in [0.25, 0.3) is 0 Å². The van der Waals surface area contributed by atoms with E-state index in [0.29, 0.717) is 6.54 Å². The van der Waals surface area contributed by atoms with Crippen molar-refractivity contribution in [3.8, 4) is 17.2 Å². The Balaban J connectivity index is 0.000000193. The first-order valence-corrected chi connectivity index (χ1v) is 19.3. The van der Waals surface area contributed by atoms with Gasteiger partial charge in [0.25, 0.3) is 0 Å². The molecule has 0 fully saturated rings. The molecule has 0 bridgehead atoms. The molecule has 0 aromatic heterocycles. The maximum absolute atomic E-state index is 10.7. The summed E-state index contributed by atoms with van der Waals surface area (Å²) in [7, 11) is 0. The van der Waals surface area contributed by atoms with Crippen molar-refractivity contribution < 1.29 is 19.3 Å². The molecule has 5 aromatic rings. The van der Waals surface area contributed by atoms with Gasteiger partial charge in [-0.2, -0.15) is 0 Å². The van der Waals surface area contributed by atoms with Gasteiger partial charge in [0.15, 0.2) is 0 Å². The lowest BCUT2D eigenvalue weighted by Crippen LogP contribution is -2.42. The zero-order valence-corrected chi connectivity index (χ0v) is 32.0. The first-order chi connectivity index (χ1) is 25.0. The molecule has 0 unspecified atom stereocenters. The molecule has 0 aliphatic carbocycles. The fourth-order valence-corrected chi connectivity index (χ4v) is 7.28. The fourth-order valence-electron chi connectivity index (χ4n) is 6.47. The van der Waals surface area contributed by atoms with Crippen molar-refractivity contribution in [3.05, 3.63) is 159 Å². The van der Waals surface area contributed by atoms with Crippen molar-refractivity contribution in [2.45, 2.75) is 57.1 Å². The highest BCUT2D eigenvalue weighted by Gasteiger charge is 2.24. The Morgan fingerprint density at radius 3 is 1.88 bits per heavy atom. The molecule has 8 heteroatoms. The summed E-state index contributed by atoms with van der Waals surface area (Å²) in [6.45, 7) is 4.09.